The molecule has 1 aliphatic rings. The standard InChI is InChI=1S/C29H37FN7O2P/c1-5-16-36(2)21-13-17-37(18-14-21)25-11-10-20(19-23(25)30)32-29-34-27-22(12-15-31-27)28(35-29)33-24-8-6-7-9-26(24)40(38-3)39-4/h6-12,15,19,21H,5,13-14,16-18H2,1-4H3,(H3,31,32,33,34,35). The predicted molar refractivity (Wildman–Crippen MR) is 162 cm³/mol. The monoisotopic (exact) mass is 565 g/mol. The van der Waals surface area contributed by atoms with Gasteiger partial charge in [-0.1, -0.05) is 19.1 Å². The lowest BCUT2D eigenvalue weighted by Crippen LogP contribution is -2.43. The van der Waals surface area contributed by atoms with E-state index in [4.69, 9.17) is 14.0 Å². The number of aromatic nitrogens is 3. The van der Waals surface area contributed by atoms with Crippen molar-refractivity contribution in [3.05, 3.63) is 60.5 Å². The van der Waals surface area contributed by atoms with Crippen molar-refractivity contribution in [3.8, 4) is 0 Å². The third-order valence-corrected chi connectivity index (χ3v) is 8.76. The normalized spacial score (nSPS) is 14.4. The summed E-state index contributed by atoms with van der Waals surface area (Å²) >= 11 is 0. The molecule has 0 spiro atoms. The van der Waals surface area contributed by atoms with Gasteiger partial charge in [0.15, 0.2) is 0 Å². The smallest absolute Gasteiger partial charge is 0.231 e. The summed E-state index contributed by atoms with van der Waals surface area (Å²) in [5.74, 6) is 0.699. The van der Waals surface area contributed by atoms with Gasteiger partial charge in [0.2, 0.25) is 14.3 Å². The van der Waals surface area contributed by atoms with Crippen LogP contribution in [0, 0.1) is 5.82 Å². The Hall–Kier alpha value is -3.30. The maximum atomic E-state index is 15.3. The molecule has 40 heavy (non-hydrogen) atoms. The number of nitrogens with one attached hydrogen (secondary N) is 3. The lowest BCUT2D eigenvalue weighted by molar-refractivity contribution is 0.208. The number of hydrogen-bond acceptors (Lipinski definition) is 8. The number of piperidine rings is 1. The van der Waals surface area contributed by atoms with Gasteiger partial charge >= 0.3 is 0 Å². The van der Waals surface area contributed by atoms with Gasteiger partial charge in [0.25, 0.3) is 0 Å². The maximum Gasteiger partial charge on any atom is 0.231 e. The van der Waals surface area contributed by atoms with Gasteiger partial charge in [0.05, 0.1) is 22.1 Å². The van der Waals surface area contributed by atoms with Crippen molar-refractivity contribution in [3.63, 3.8) is 0 Å². The molecule has 0 radical (unpaired) electrons. The summed E-state index contributed by atoms with van der Waals surface area (Å²) in [5.41, 5.74) is 2.70. The number of halogens is 1. The summed E-state index contributed by atoms with van der Waals surface area (Å²) < 4.78 is 26.4. The first-order chi connectivity index (χ1) is 19.5. The highest BCUT2D eigenvalue weighted by Gasteiger charge is 2.24. The Balaban J connectivity index is 1.34. The minimum Gasteiger partial charge on any atom is -0.369 e. The van der Waals surface area contributed by atoms with Gasteiger partial charge in [0, 0.05) is 45.2 Å². The third kappa shape index (κ3) is 6.20. The van der Waals surface area contributed by atoms with Crippen molar-refractivity contribution in [2.75, 3.05) is 56.4 Å². The Morgan fingerprint density at radius 3 is 2.58 bits per heavy atom. The quantitative estimate of drug-likeness (QED) is 0.187. The minimum absolute atomic E-state index is 0.258. The number of aromatic amines is 1. The summed E-state index contributed by atoms with van der Waals surface area (Å²) in [6, 6.07) is 15.5. The SMILES string of the molecule is CCCN(C)C1CCN(c2ccc(Nc3nc(Nc4ccccc4P(OC)OC)c4cc[nH]c4n3)cc2F)CC1. The highest BCUT2D eigenvalue weighted by Crippen LogP contribution is 2.38. The first kappa shape index (κ1) is 28.2. The zero-order chi connectivity index (χ0) is 28.1. The van der Waals surface area contributed by atoms with E-state index in [1.165, 1.54) is 6.07 Å². The second-order valence-electron chi connectivity index (χ2n) is 9.89. The van der Waals surface area contributed by atoms with Crippen LogP contribution in [0.4, 0.5) is 33.2 Å². The van der Waals surface area contributed by atoms with Gasteiger partial charge in [0.1, 0.15) is 17.3 Å². The molecule has 3 heterocycles. The molecule has 3 N–H and O–H groups in total. The molecule has 4 aromatic rings. The second-order valence-corrected chi connectivity index (χ2v) is 11.6. The number of rotatable bonds is 11. The third-order valence-electron chi connectivity index (χ3n) is 7.31. The van der Waals surface area contributed by atoms with Crippen LogP contribution in [-0.2, 0) is 9.05 Å². The molecule has 2 aromatic heterocycles. The topological polar surface area (TPSA) is 90.6 Å². The van der Waals surface area contributed by atoms with Gasteiger partial charge in [-0.2, -0.15) is 9.97 Å². The summed E-state index contributed by atoms with van der Waals surface area (Å²) in [4.78, 5) is 17.1. The largest absolute Gasteiger partial charge is 0.369 e. The van der Waals surface area contributed by atoms with Crippen molar-refractivity contribution >= 4 is 53.5 Å². The van der Waals surface area contributed by atoms with Crippen LogP contribution in [-0.4, -0.2) is 66.8 Å². The zero-order valence-corrected chi connectivity index (χ0v) is 24.3. The second kappa shape index (κ2) is 12.9. The van der Waals surface area contributed by atoms with Crippen molar-refractivity contribution in [2.45, 2.75) is 32.2 Å². The van der Waals surface area contributed by atoms with Crippen molar-refractivity contribution in [2.24, 2.45) is 0 Å². The number of benzene rings is 2. The van der Waals surface area contributed by atoms with Gasteiger partial charge < -0.3 is 34.5 Å². The fraction of sp³-hybridized carbons (Fsp3) is 0.379. The van der Waals surface area contributed by atoms with Crippen LogP contribution >= 0.6 is 8.38 Å². The van der Waals surface area contributed by atoms with Gasteiger partial charge in [-0.05, 0) is 69.3 Å². The lowest BCUT2D eigenvalue weighted by atomic mass is 10.0. The first-order valence-electron chi connectivity index (χ1n) is 13.6. The number of fused-ring (bicyclic) bond motifs is 1. The van der Waals surface area contributed by atoms with E-state index in [1.54, 1.807) is 14.2 Å². The van der Waals surface area contributed by atoms with Gasteiger partial charge in [-0.3, -0.25) is 0 Å². The molecule has 2 aromatic carbocycles. The molecule has 11 heteroatoms. The fourth-order valence-electron chi connectivity index (χ4n) is 5.28. The molecular weight excluding hydrogens is 528 g/mol. The number of hydrogen-bond donors (Lipinski definition) is 3. The van der Waals surface area contributed by atoms with Crippen LogP contribution in [0.3, 0.4) is 0 Å². The number of H-pyrrole nitrogens is 1. The number of para-hydroxylation sites is 1. The Kier molecular flexibility index (Phi) is 9.11. The first-order valence-corrected chi connectivity index (χ1v) is 14.8. The predicted octanol–water partition coefficient (Wildman–Crippen LogP) is 6.12. The van der Waals surface area contributed by atoms with Crippen LogP contribution in [0.15, 0.2) is 54.7 Å². The van der Waals surface area contributed by atoms with Crippen LogP contribution in [0.2, 0.25) is 0 Å². The summed E-state index contributed by atoms with van der Waals surface area (Å²) in [7, 11) is 4.20. The molecular formula is C29H37FN7O2P. The molecule has 0 atom stereocenters. The average molecular weight is 566 g/mol. The highest BCUT2D eigenvalue weighted by molar-refractivity contribution is 7.56. The van der Waals surface area contributed by atoms with Gasteiger partial charge in [-0.25, -0.2) is 4.39 Å². The summed E-state index contributed by atoms with van der Waals surface area (Å²) in [6.07, 6.45) is 5.04. The van der Waals surface area contributed by atoms with E-state index in [9.17, 15) is 0 Å². The summed E-state index contributed by atoms with van der Waals surface area (Å²) in [6.45, 7) is 5.00. The van der Waals surface area contributed by atoms with E-state index in [0.29, 0.717) is 34.8 Å². The Morgan fingerprint density at radius 1 is 1.07 bits per heavy atom. The van der Waals surface area contributed by atoms with Crippen LogP contribution in [0.1, 0.15) is 26.2 Å². The molecule has 0 aliphatic carbocycles. The molecule has 212 valence electrons. The van der Waals surface area contributed by atoms with Crippen LogP contribution in [0.5, 0.6) is 0 Å². The van der Waals surface area contributed by atoms with Crippen molar-refractivity contribution in [1.29, 1.82) is 0 Å². The zero-order valence-electron chi connectivity index (χ0n) is 23.4. The molecule has 1 fully saturated rings. The minimum atomic E-state index is -1.25. The molecule has 0 bridgehead atoms. The Labute approximate surface area is 236 Å². The highest BCUT2D eigenvalue weighted by atomic mass is 31.2. The summed E-state index contributed by atoms with van der Waals surface area (Å²) in [5, 5.41) is 8.34. The Morgan fingerprint density at radius 2 is 1.85 bits per heavy atom. The number of nitrogens with zero attached hydrogens (tertiary/aromatic N) is 4. The Bertz CT molecular complexity index is 1420. The average Bonchev–Trinajstić information content (AvgIpc) is 3.44. The van der Waals surface area contributed by atoms with Crippen LogP contribution < -0.4 is 20.8 Å². The molecule has 1 aliphatic heterocycles. The van der Waals surface area contributed by atoms with E-state index in [2.05, 4.69) is 44.4 Å². The molecule has 9 nitrogen and oxygen atoms in total. The molecule has 0 unspecified atom stereocenters. The van der Waals surface area contributed by atoms with E-state index in [-0.39, 0.29) is 5.82 Å². The van der Waals surface area contributed by atoms with E-state index >= 15 is 4.39 Å². The van der Waals surface area contributed by atoms with Gasteiger partial charge in [-0.15, -0.1) is 0 Å². The fourth-order valence-corrected chi connectivity index (χ4v) is 6.36. The van der Waals surface area contributed by atoms with Crippen molar-refractivity contribution < 1.29 is 13.4 Å². The van der Waals surface area contributed by atoms with Crippen molar-refractivity contribution in [1.82, 2.24) is 19.9 Å². The number of anilines is 5. The molecule has 1 saturated heterocycles. The van der Waals surface area contributed by atoms with E-state index in [0.717, 1.165) is 55.3 Å². The van der Waals surface area contributed by atoms with E-state index < -0.39 is 8.38 Å². The molecule has 5 rings (SSSR count). The van der Waals surface area contributed by atoms with Crippen LogP contribution in [0.25, 0.3) is 11.0 Å². The molecule has 0 saturated carbocycles. The lowest BCUT2D eigenvalue weighted by Gasteiger charge is -2.38. The van der Waals surface area contributed by atoms with E-state index in [1.807, 2.05) is 48.7 Å². The molecule has 0 amide bonds. The maximum absolute atomic E-state index is 15.3.